The number of ether oxygens (including phenoxy) is 5. The second-order valence-corrected chi connectivity index (χ2v) is 5.80. The lowest BCUT2D eigenvalue weighted by molar-refractivity contribution is -0.121. The highest BCUT2D eigenvalue weighted by Gasteiger charge is 2.12. The van der Waals surface area contributed by atoms with Crippen molar-refractivity contribution in [3.05, 3.63) is 42.0 Å². The summed E-state index contributed by atoms with van der Waals surface area (Å²) in [5, 5.41) is 2.86. The maximum Gasteiger partial charge on any atom is 0.223 e. The number of amides is 1. The van der Waals surface area contributed by atoms with Crippen molar-refractivity contribution in [2.75, 3.05) is 34.5 Å². The van der Waals surface area contributed by atoms with E-state index in [9.17, 15) is 4.79 Å². The van der Waals surface area contributed by atoms with Crippen LogP contribution < -0.4 is 29.0 Å². The lowest BCUT2D eigenvalue weighted by atomic mass is 10.1. The van der Waals surface area contributed by atoms with Crippen LogP contribution in [-0.2, 0) is 11.3 Å². The molecule has 7 nitrogen and oxygen atoms in total. The molecular formula is C21H27NO6. The van der Waals surface area contributed by atoms with Gasteiger partial charge in [-0.2, -0.15) is 0 Å². The van der Waals surface area contributed by atoms with Crippen molar-refractivity contribution in [2.24, 2.45) is 0 Å². The zero-order valence-corrected chi connectivity index (χ0v) is 16.7. The van der Waals surface area contributed by atoms with Crippen molar-refractivity contribution in [1.29, 1.82) is 0 Å². The molecule has 0 aliphatic heterocycles. The second-order valence-electron chi connectivity index (χ2n) is 5.80. The normalized spacial score (nSPS) is 10.1. The van der Waals surface area contributed by atoms with E-state index >= 15 is 0 Å². The zero-order chi connectivity index (χ0) is 20.4. The molecule has 7 heteroatoms. The van der Waals surface area contributed by atoms with Crippen molar-refractivity contribution in [2.45, 2.75) is 19.9 Å². The first-order valence-electron chi connectivity index (χ1n) is 9.02. The minimum atomic E-state index is -0.122. The van der Waals surface area contributed by atoms with Crippen LogP contribution in [-0.4, -0.2) is 40.5 Å². The number of hydrogen-bond donors (Lipinski definition) is 1. The highest BCUT2D eigenvalue weighted by Crippen LogP contribution is 2.34. The van der Waals surface area contributed by atoms with E-state index < -0.39 is 0 Å². The first kappa shape index (κ1) is 21.2. The fraction of sp³-hybridized carbons (Fsp3) is 0.381. The van der Waals surface area contributed by atoms with Gasteiger partial charge in [-0.15, -0.1) is 0 Å². The van der Waals surface area contributed by atoms with Crippen molar-refractivity contribution in [1.82, 2.24) is 5.32 Å². The highest BCUT2D eigenvalue weighted by atomic mass is 16.5. The Bertz CT molecular complexity index is 760. The molecule has 1 amide bonds. The topological polar surface area (TPSA) is 75.3 Å². The van der Waals surface area contributed by atoms with Crippen LogP contribution >= 0.6 is 0 Å². The van der Waals surface area contributed by atoms with Gasteiger partial charge in [-0.1, -0.05) is 0 Å². The van der Waals surface area contributed by atoms with Gasteiger partial charge >= 0.3 is 0 Å². The van der Waals surface area contributed by atoms with E-state index in [2.05, 4.69) is 5.32 Å². The van der Waals surface area contributed by atoms with E-state index in [1.54, 1.807) is 33.5 Å². The number of methoxy groups -OCH3 is 3. The van der Waals surface area contributed by atoms with Gasteiger partial charge in [0.2, 0.25) is 5.91 Å². The van der Waals surface area contributed by atoms with Crippen molar-refractivity contribution in [3.63, 3.8) is 0 Å². The summed E-state index contributed by atoms with van der Waals surface area (Å²) < 4.78 is 26.9. The van der Waals surface area contributed by atoms with Gasteiger partial charge in [0, 0.05) is 18.2 Å². The smallest absolute Gasteiger partial charge is 0.223 e. The molecule has 152 valence electrons. The number of nitrogens with one attached hydrogen (secondary N) is 1. The molecule has 0 aliphatic carbocycles. The lowest BCUT2D eigenvalue weighted by Crippen LogP contribution is -2.24. The second kappa shape index (κ2) is 10.9. The SMILES string of the molecule is CCOc1ccc(OCCC(=O)NCc2cc(OC)c(OC)cc2OC)cc1. The van der Waals surface area contributed by atoms with Crippen molar-refractivity contribution in [3.8, 4) is 28.7 Å². The first-order chi connectivity index (χ1) is 13.6. The molecule has 1 N–H and O–H groups in total. The number of benzene rings is 2. The van der Waals surface area contributed by atoms with E-state index in [4.69, 9.17) is 23.7 Å². The molecule has 2 aromatic rings. The Kier molecular flexibility index (Phi) is 8.27. The van der Waals surface area contributed by atoms with Crippen molar-refractivity contribution >= 4 is 5.91 Å². The van der Waals surface area contributed by atoms with Crippen LogP contribution in [0.1, 0.15) is 18.9 Å². The molecule has 0 aliphatic rings. The molecule has 2 rings (SSSR count). The molecule has 0 aromatic heterocycles. The molecule has 0 saturated heterocycles. The largest absolute Gasteiger partial charge is 0.496 e. The number of rotatable bonds is 11. The molecule has 0 saturated carbocycles. The fourth-order valence-corrected chi connectivity index (χ4v) is 2.57. The van der Waals surface area contributed by atoms with Gasteiger partial charge in [-0.3, -0.25) is 4.79 Å². The molecule has 0 heterocycles. The van der Waals surface area contributed by atoms with Crippen LogP contribution in [0, 0.1) is 0 Å². The highest BCUT2D eigenvalue weighted by molar-refractivity contribution is 5.76. The summed E-state index contributed by atoms with van der Waals surface area (Å²) in [6, 6.07) is 10.8. The lowest BCUT2D eigenvalue weighted by Gasteiger charge is -2.14. The summed E-state index contributed by atoms with van der Waals surface area (Å²) in [5.74, 6) is 3.12. The Labute approximate surface area is 165 Å². The van der Waals surface area contributed by atoms with E-state index in [0.29, 0.717) is 36.1 Å². The number of hydrogen-bond acceptors (Lipinski definition) is 6. The van der Waals surface area contributed by atoms with Crippen LogP contribution in [0.5, 0.6) is 28.7 Å². The maximum atomic E-state index is 12.1. The molecule has 0 bridgehead atoms. The third-order valence-electron chi connectivity index (χ3n) is 4.00. The third kappa shape index (κ3) is 5.97. The Morgan fingerprint density at radius 1 is 0.857 bits per heavy atom. The van der Waals surface area contributed by atoms with Gasteiger partial charge < -0.3 is 29.0 Å². The number of carbonyl (C=O) groups is 1. The Balaban J connectivity index is 1.83. The summed E-state index contributed by atoms with van der Waals surface area (Å²) in [4.78, 5) is 12.1. The third-order valence-corrected chi connectivity index (χ3v) is 4.00. The Morgan fingerprint density at radius 3 is 2.00 bits per heavy atom. The van der Waals surface area contributed by atoms with E-state index in [-0.39, 0.29) is 18.9 Å². The summed E-state index contributed by atoms with van der Waals surface area (Å²) in [6.07, 6.45) is 0.239. The summed E-state index contributed by atoms with van der Waals surface area (Å²) >= 11 is 0. The molecular weight excluding hydrogens is 362 g/mol. The molecule has 0 spiro atoms. The van der Waals surface area contributed by atoms with E-state index in [0.717, 1.165) is 11.3 Å². The van der Waals surface area contributed by atoms with Crippen LogP contribution in [0.2, 0.25) is 0 Å². The first-order valence-corrected chi connectivity index (χ1v) is 9.02. The van der Waals surface area contributed by atoms with E-state index in [1.165, 1.54) is 0 Å². The molecule has 0 radical (unpaired) electrons. The van der Waals surface area contributed by atoms with Gasteiger partial charge in [0.25, 0.3) is 0 Å². The molecule has 0 fully saturated rings. The van der Waals surface area contributed by atoms with Gasteiger partial charge in [-0.25, -0.2) is 0 Å². The zero-order valence-electron chi connectivity index (χ0n) is 16.7. The number of carbonyl (C=O) groups excluding carboxylic acids is 1. The summed E-state index contributed by atoms with van der Waals surface area (Å²) in [6.45, 7) is 3.14. The standard InChI is InChI=1S/C21H27NO6/c1-5-27-16-6-8-17(9-7-16)28-11-10-21(23)22-14-15-12-19(25-3)20(26-4)13-18(15)24-2/h6-9,12-13H,5,10-11,14H2,1-4H3,(H,22,23). The molecule has 0 atom stereocenters. The van der Waals surface area contributed by atoms with Crippen LogP contribution in [0.3, 0.4) is 0 Å². The van der Waals surface area contributed by atoms with Crippen LogP contribution in [0.25, 0.3) is 0 Å². The Morgan fingerprint density at radius 2 is 1.43 bits per heavy atom. The average molecular weight is 389 g/mol. The summed E-state index contributed by atoms with van der Waals surface area (Å²) in [7, 11) is 4.69. The van der Waals surface area contributed by atoms with Gasteiger partial charge in [0.15, 0.2) is 11.5 Å². The minimum Gasteiger partial charge on any atom is -0.496 e. The van der Waals surface area contributed by atoms with Crippen molar-refractivity contribution < 1.29 is 28.5 Å². The average Bonchev–Trinajstić information content (AvgIpc) is 2.73. The maximum absolute atomic E-state index is 12.1. The predicted molar refractivity (Wildman–Crippen MR) is 106 cm³/mol. The summed E-state index contributed by atoms with van der Waals surface area (Å²) in [5.41, 5.74) is 0.793. The predicted octanol–water partition coefficient (Wildman–Crippen LogP) is 3.20. The minimum absolute atomic E-state index is 0.122. The molecule has 2 aromatic carbocycles. The van der Waals surface area contributed by atoms with Gasteiger partial charge in [-0.05, 0) is 37.3 Å². The monoisotopic (exact) mass is 389 g/mol. The fourth-order valence-electron chi connectivity index (χ4n) is 2.57. The molecule has 0 unspecified atom stereocenters. The van der Waals surface area contributed by atoms with E-state index in [1.807, 2.05) is 31.2 Å². The quantitative estimate of drug-likeness (QED) is 0.636. The van der Waals surface area contributed by atoms with Gasteiger partial charge in [0.05, 0.1) is 41.0 Å². The van der Waals surface area contributed by atoms with Crippen LogP contribution in [0.15, 0.2) is 36.4 Å². The van der Waals surface area contributed by atoms with Crippen LogP contribution in [0.4, 0.5) is 0 Å². The Hall–Kier alpha value is -3.09. The van der Waals surface area contributed by atoms with Gasteiger partial charge in [0.1, 0.15) is 17.2 Å². The molecule has 28 heavy (non-hydrogen) atoms.